The van der Waals surface area contributed by atoms with Crippen molar-refractivity contribution >= 4 is 29.2 Å². The van der Waals surface area contributed by atoms with Gasteiger partial charge < -0.3 is 5.11 Å². The van der Waals surface area contributed by atoms with Crippen LogP contribution in [0.25, 0.3) is 0 Å². The fraction of sp³-hybridized carbons (Fsp3) is 0.375. The number of carboxylic acid groups (broad SMARTS) is 1. The third-order valence-corrected chi connectivity index (χ3v) is 2.24. The number of aromatic nitrogens is 2. The highest BCUT2D eigenvalue weighted by Gasteiger charge is 2.14. The van der Waals surface area contributed by atoms with Gasteiger partial charge in [-0.1, -0.05) is 30.1 Å². The minimum atomic E-state index is -0.881. The summed E-state index contributed by atoms with van der Waals surface area (Å²) in [5.41, 5.74) is 0.599. The van der Waals surface area contributed by atoms with E-state index >= 15 is 0 Å². The van der Waals surface area contributed by atoms with Gasteiger partial charge in [0.15, 0.2) is 10.3 Å². The van der Waals surface area contributed by atoms with Crippen LogP contribution in [-0.4, -0.2) is 21.3 Å². The molecule has 1 aromatic heterocycles. The average Bonchev–Trinajstić information content (AvgIpc) is 2.11. The molecule has 14 heavy (non-hydrogen) atoms. The van der Waals surface area contributed by atoms with Gasteiger partial charge in [0.1, 0.15) is 0 Å². The van der Waals surface area contributed by atoms with E-state index in [0.29, 0.717) is 12.0 Å². The predicted molar refractivity (Wildman–Crippen MR) is 52.6 cm³/mol. The average molecular weight is 235 g/mol. The van der Waals surface area contributed by atoms with Crippen LogP contribution in [0, 0.1) is 5.92 Å². The zero-order valence-corrected chi connectivity index (χ0v) is 8.88. The van der Waals surface area contributed by atoms with E-state index in [9.17, 15) is 4.79 Å². The fourth-order valence-electron chi connectivity index (χ4n) is 0.948. The van der Waals surface area contributed by atoms with Gasteiger partial charge >= 0.3 is 5.97 Å². The maximum Gasteiger partial charge on any atom is 0.306 e. The summed E-state index contributed by atoms with van der Waals surface area (Å²) in [5.74, 6) is -1.40. The predicted octanol–water partition coefficient (Wildman–Crippen LogP) is 2.05. The first-order valence-corrected chi connectivity index (χ1v) is 4.66. The minimum Gasteiger partial charge on any atom is -0.481 e. The van der Waals surface area contributed by atoms with Crippen LogP contribution >= 0.6 is 23.2 Å². The fourth-order valence-corrected chi connectivity index (χ4v) is 1.29. The molecule has 0 bridgehead atoms. The van der Waals surface area contributed by atoms with E-state index in [0.717, 1.165) is 0 Å². The molecule has 0 aliphatic carbocycles. The van der Waals surface area contributed by atoms with Gasteiger partial charge in [0.25, 0.3) is 0 Å². The number of nitrogens with zero attached hydrogens (tertiary/aromatic N) is 2. The summed E-state index contributed by atoms with van der Waals surface area (Å²) < 4.78 is 0. The van der Waals surface area contributed by atoms with Gasteiger partial charge in [0, 0.05) is 0 Å². The first kappa shape index (κ1) is 11.2. The van der Waals surface area contributed by atoms with Gasteiger partial charge in [0.05, 0.1) is 5.92 Å². The molecule has 1 heterocycles. The Morgan fingerprint density at radius 2 is 2.21 bits per heavy atom. The van der Waals surface area contributed by atoms with Crippen LogP contribution in [0.15, 0.2) is 6.07 Å². The number of halogens is 2. The molecule has 0 radical (unpaired) electrons. The Morgan fingerprint density at radius 1 is 1.57 bits per heavy atom. The number of rotatable bonds is 3. The Hall–Kier alpha value is -0.870. The quantitative estimate of drug-likeness (QED) is 0.870. The zero-order chi connectivity index (χ0) is 10.7. The van der Waals surface area contributed by atoms with Crippen molar-refractivity contribution in [3.63, 3.8) is 0 Å². The second-order valence-corrected chi connectivity index (χ2v) is 3.67. The van der Waals surface area contributed by atoms with Crippen molar-refractivity contribution in [2.45, 2.75) is 13.3 Å². The number of hydrogen-bond acceptors (Lipinski definition) is 3. The number of hydrogen-bond donors (Lipinski definition) is 1. The standard InChI is InChI=1S/C8H8Cl2N2O2/c1-4(8(13)14)2-5-3-6(9)11-12-7(5)10/h3-4H,2H2,1H3,(H,13,14). The van der Waals surface area contributed by atoms with E-state index in [1.54, 1.807) is 6.92 Å². The molecule has 0 aromatic carbocycles. The molecule has 4 nitrogen and oxygen atoms in total. The molecule has 0 amide bonds. The lowest BCUT2D eigenvalue weighted by Gasteiger charge is -2.06. The van der Waals surface area contributed by atoms with Crippen LogP contribution < -0.4 is 0 Å². The van der Waals surface area contributed by atoms with Crippen LogP contribution in [-0.2, 0) is 11.2 Å². The van der Waals surface area contributed by atoms with Gasteiger partial charge in [-0.15, -0.1) is 10.2 Å². The highest BCUT2D eigenvalue weighted by molar-refractivity contribution is 6.31. The molecule has 0 fully saturated rings. The molecule has 1 rings (SSSR count). The van der Waals surface area contributed by atoms with E-state index in [-0.39, 0.29) is 10.3 Å². The van der Waals surface area contributed by atoms with Crippen LogP contribution in [0.5, 0.6) is 0 Å². The van der Waals surface area contributed by atoms with Crippen molar-refractivity contribution in [1.29, 1.82) is 0 Å². The maximum atomic E-state index is 10.6. The molecule has 0 spiro atoms. The first-order valence-electron chi connectivity index (χ1n) is 3.91. The SMILES string of the molecule is CC(Cc1cc(Cl)nnc1Cl)C(=O)O. The molecule has 0 saturated heterocycles. The van der Waals surface area contributed by atoms with Crippen molar-refractivity contribution in [2.75, 3.05) is 0 Å². The third kappa shape index (κ3) is 2.82. The first-order chi connectivity index (χ1) is 6.50. The van der Waals surface area contributed by atoms with Crippen LogP contribution in [0.1, 0.15) is 12.5 Å². The summed E-state index contributed by atoms with van der Waals surface area (Å²) in [6, 6.07) is 1.52. The number of carboxylic acids is 1. The Morgan fingerprint density at radius 3 is 2.79 bits per heavy atom. The molecule has 0 aliphatic heterocycles. The van der Waals surface area contributed by atoms with Gasteiger partial charge in [-0.3, -0.25) is 4.79 Å². The Labute approximate surface area is 90.9 Å². The molecule has 1 atom stereocenters. The summed E-state index contributed by atoms with van der Waals surface area (Å²) in [7, 11) is 0. The Balaban J connectivity index is 2.85. The van der Waals surface area contributed by atoms with Crippen molar-refractivity contribution in [1.82, 2.24) is 10.2 Å². The molecular formula is C8H8Cl2N2O2. The third-order valence-electron chi connectivity index (χ3n) is 1.74. The van der Waals surface area contributed by atoms with Gasteiger partial charge in [-0.25, -0.2) is 0 Å². The summed E-state index contributed by atoms with van der Waals surface area (Å²) in [4.78, 5) is 10.6. The van der Waals surface area contributed by atoms with Crippen molar-refractivity contribution in [2.24, 2.45) is 5.92 Å². The summed E-state index contributed by atoms with van der Waals surface area (Å²) in [6.07, 6.45) is 0.295. The van der Waals surface area contributed by atoms with Crippen molar-refractivity contribution in [3.05, 3.63) is 21.9 Å². The molecule has 1 unspecified atom stereocenters. The van der Waals surface area contributed by atoms with Crippen molar-refractivity contribution < 1.29 is 9.90 Å². The molecule has 0 saturated carbocycles. The van der Waals surface area contributed by atoms with E-state index in [4.69, 9.17) is 28.3 Å². The lowest BCUT2D eigenvalue weighted by Crippen LogP contribution is -2.12. The maximum absolute atomic E-state index is 10.6. The smallest absolute Gasteiger partial charge is 0.306 e. The molecule has 1 aromatic rings. The van der Waals surface area contributed by atoms with E-state index < -0.39 is 11.9 Å². The summed E-state index contributed by atoms with van der Waals surface area (Å²) in [6.45, 7) is 1.59. The molecular weight excluding hydrogens is 227 g/mol. The van der Waals surface area contributed by atoms with Gasteiger partial charge in [-0.2, -0.15) is 0 Å². The van der Waals surface area contributed by atoms with Crippen LogP contribution in [0.3, 0.4) is 0 Å². The molecule has 0 aliphatic rings. The summed E-state index contributed by atoms with van der Waals surface area (Å²) in [5, 5.41) is 16.2. The van der Waals surface area contributed by atoms with E-state index in [1.165, 1.54) is 6.07 Å². The zero-order valence-electron chi connectivity index (χ0n) is 7.37. The normalized spacial score (nSPS) is 12.5. The highest BCUT2D eigenvalue weighted by atomic mass is 35.5. The van der Waals surface area contributed by atoms with E-state index in [1.807, 2.05) is 0 Å². The minimum absolute atomic E-state index is 0.197. The van der Waals surface area contributed by atoms with Crippen LogP contribution in [0.2, 0.25) is 10.3 Å². The Bertz CT molecular complexity index is 357. The van der Waals surface area contributed by atoms with Gasteiger partial charge in [0.2, 0.25) is 0 Å². The number of carbonyl (C=O) groups is 1. The van der Waals surface area contributed by atoms with Crippen molar-refractivity contribution in [3.8, 4) is 0 Å². The van der Waals surface area contributed by atoms with Crippen LogP contribution in [0.4, 0.5) is 0 Å². The highest BCUT2D eigenvalue weighted by Crippen LogP contribution is 2.18. The lowest BCUT2D eigenvalue weighted by molar-refractivity contribution is -0.141. The van der Waals surface area contributed by atoms with E-state index in [2.05, 4.69) is 10.2 Å². The largest absolute Gasteiger partial charge is 0.481 e. The molecule has 76 valence electrons. The molecule has 6 heteroatoms. The topological polar surface area (TPSA) is 63.1 Å². The van der Waals surface area contributed by atoms with Gasteiger partial charge in [-0.05, 0) is 18.1 Å². The second kappa shape index (κ2) is 4.57. The molecule has 1 N–H and O–H groups in total. The summed E-state index contributed by atoms with van der Waals surface area (Å²) >= 11 is 11.3. The second-order valence-electron chi connectivity index (χ2n) is 2.93. The monoisotopic (exact) mass is 234 g/mol. The number of aliphatic carboxylic acids is 1. The lowest BCUT2D eigenvalue weighted by atomic mass is 10.0. The Kier molecular flexibility index (Phi) is 3.66.